The molecule has 2 aromatic rings. The first-order valence-electron chi connectivity index (χ1n) is 8.73. The van der Waals surface area contributed by atoms with Crippen molar-refractivity contribution in [3.05, 3.63) is 71.8 Å². The Labute approximate surface area is 143 Å². The minimum Gasteiger partial charge on any atom is -0.303 e. The predicted molar refractivity (Wildman–Crippen MR) is 95.9 cm³/mol. The van der Waals surface area contributed by atoms with Crippen LogP contribution in [0.5, 0.6) is 0 Å². The maximum absolute atomic E-state index is 13.8. The van der Waals surface area contributed by atoms with Gasteiger partial charge in [-0.15, -0.1) is 0 Å². The smallest absolute Gasteiger partial charge is 0.153 e. The second kappa shape index (κ2) is 6.72. The second-order valence-electron chi connectivity index (χ2n) is 7.09. The van der Waals surface area contributed by atoms with E-state index in [1.165, 1.54) is 0 Å². The Morgan fingerprint density at radius 2 is 1.46 bits per heavy atom. The van der Waals surface area contributed by atoms with Crippen molar-refractivity contribution in [3.8, 4) is 0 Å². The third-order valence-electron chi connectivity index (χ3n) is 5.56. The molecule has 0 N–H and O–H groups in total. The maximum Gasteiger partial charge on any atom is 0.153 e. The highest BCUT2D eigenvalue weighted by Crippen LogP contribution is 2.50. The maximum atomic E-state index is 13.8. The molecule has 1 aliphatic carbocycles. The van der Waals surface area contributed by atoms with Gasteiger partial charge in [-0.05, 0) is 30.4 Å². The topological polar surface area (TPSA) is 34.1 Å². The number of Topliss-reactive ketones (excluding diaryl/α,β-unsaturated/α-hetero) is 1. The van der Waals surface area contributed by atoms with E-state index < -0.39 is 10.8 Å². The molecule has 2 nitrogen and oxygen atoms in total. The normalized spacial score (nSPS) is 23.0. The van der Waals surface area contributed by atoms with Gasteiger partial charge in [0.15, 0.2) is 5.78 Å². The summed E-state index contributed by atoms with van der Waals surface area (Å²) in [6.45, 7) is 2.04. The number of rotatable bonds is 5. The molecule has 1 aliphatic rings. The van der Waals surface area contributed by atoms with Crippen LogP contribution in [0, 0.1) is 5.41 Å². The highest BCUT2D eigenvalue weighted by molar-refractivity contribution is 5.98. The highest BCUT2D eigenvalue weighted by Gasteiger charge is 2.52. The van der Waals surface area contributed by atoms with E-state index in [1.807, 2.05) is 43.3 Å². The first-order valence-corrected chi connectivity index (χ1v) is 8.73. The van der Waals surface area contributed by atoms with Crippen molar-refractivity contribution in [1.29, 1.82) is 0 Å². The van der Waals surface area contributed by atoms with Crippen LogP contribution in [0.3, 0.4) is 0 Å². The van der Waals surface area contributed by atoms with Crippen molar-refractivity contribution >= 4 is 12.1 Å². The molecule has 0 spiro atoms. The van der Waals surface area contributed by atoms with Crippen molar-refractivity contribution < 1.29 is 9.59 Å². The van der Waals surface area contributed by atoms with Crippen molar-refractivity contribution in [2.45, 2.75) is 44.4 Å². The van der Waals surface area contributed by atoms with Crippen LogP contribution in [0.1, 0.15) is 50.2 Å². The van der Waals surface area contributed by atoms with Gasteiger partial charge in [0.1, 0.15) is 6.29 Å². The molecule has 1 saturated carbocycles. The molecule has 0 aliphatic heterocycles. The quantitative estimate of drug-likeness (QED) is 0.748. The number of carbonyl (C=O) groups is 2. The van der Waals surface area contributed by atoms with Crippen LogP contribution in [0.4, 0.5) is 0 Å². The van der Waals surface area contributed by atoms with E-state index in [0.29, 0.717) is 12.8 Å². The van der Waals surface area contributed by atoms with Gasteiger partial charge < -0.3 is 4.79 Å². The van der Waals surface area contributed by atoms with Crippen molar-refractivity contribution in [2.24, 2.45) is 5.41 Å². The minimum atomic E-state index is -0.599. The van der Waals surface area contributed by atoms with Gasteiger partial charge in [-0.25, -0.2) is 0 Å². The molecule has 0 saturated heterocycles. The first kappa shape index (κ1) is 16.6. The molecule has 0 radical (unpaired) electrons. The van der Waals surface area contributed by atoms with Crippen molar-refractivity contribution in [3.63, 3.8) is 0 Å². The number of carbonyl (C=O) groups excluding carboxylic acids is 2. The zero-order valence-corrected chi connectivity index (χ0v) is 14.2. The molecular formula is C22H24O2. The van der Waals surface area contributed by atoms with Gasteiger partial charge in [-0.2, -0.15) is 0 Å². The Morgan fingerprint density at radius 1 is 0.917 bits per heavy atom. The van der Waals surface area contributed by atoms with Gasteiger partial charge in [0.25, 0.3) is 0 Å². The number of aldehydes is 1. The summed E-state index contributed by atoms with van der Waals surface area (Å²) in [5.74, 6) is 0.264. The van der Waals surface area contributed by atoms with Crippen LogP contribution >= 0.6 is 0 Å². The Balaban J connectivity index is 2.15. The summed E-state index contributed by atoms with van der Waals surface area (Å²) in [6.07, 6.45) is 4.70. The molecule has 0 amide bonds. The van der Waals surface area contributed by atoms with Crippen LogP contribution < -0.4 is 0 Å². The van der Waals surface area contributed by atoms with E-state index in [4.69, 9.17) is 0 Å². The summed E-state index contributed by atoms with van der Waals surface area (Å²) in [5.41, 5.74) is 1.10. The molecule has 124 valence electrons. The molecule has 3 rings (SSSR count). The van der Waals surface area contributed by atoms with E-state index in [1.54, 1.807) is 0 Å². The van der Waals surface area contributed by atoms with E-state index in [9.17, 15) is 9.59 Å². The summed E-state index contributed by atoms with van der Waals surface area (Å²) in [6, 6.07) is 20.3. The number of hydrogen-bond donors (Lipinski definition) is 0. The van der Waals surface area contributed by atoms with Gasteiger partial charge in [0.05, 0.1) is 5.41 Å². The fourth-order valence-electron chi connectivity index (χ4n) is 4.26. The molecule has 2 heteroatoms. The van der Waals surface area contributed by atoms with Gasteiger partial charge >= 0.3 is 0 Å². The largest absolute Gasteiger partial charge is 0.303 e. The lowest BCUT2D eigenvalue weighted by atomic mass is 9.55. The Hall–Kier alpha value is -2.22. The lowest BCUT2D eigenvalue weighted by molar-refractivity contribution is -0.136. The molecule has 1 unspecified atom stereocenters. The number of benzene rings is 2. The molecule has 2 aromatic carbocycles. The van der Waals surface area contributed by atoms with Crippen LogP contribution in [-0.4, -0.2) is 12.1 Å². The predicted octanol–water partition coefficient (Wildman–Crippen LogP) is 4.71. The lowest BCUT2D eigenvalue weighted by Crippen LogP contribution is -2.49. The summed E-state index contributed by atoms with van der Waals surface area (Å²) in [7, 11) is 0. The summed E-state index contributed by atoms with van der Waals surface area (Å²) < 4.78 is 0. The Kier molecular flexibility index (Phi) is 4.66. The van der Waals surface area contributed by atoms with E-state index in [2.05, 4.69) is 24.3 Å². The average Bonchev–Trinajstić information content (AvgIpc) is 2.64. The third kappa shape index (κ3) is 2.71. The number of hydrogen-bond acceptors (Lipinski definition) is 2. The fourth-order valence-corrected chi connectivity index (χ4v) is 4.26. The molecule has 1 atom stereocenters. The monoisotopic (exact) mass is 320 g/mol. The molecular weight excluding hydrogens is 296 g/mol. The minimum absolute atomic E-state index is 0.264. The van der Waals surface area contributed by atoms with Gasteiger partial charge in [-0.1, -0.05) is 74.0 Å². The van der Waals surface area contributed by atoms with Crippen LogP contribution in [0.2, 0.25) is 0 Å². The van der Waals surface area contributed by atoms with Crippen LogP contribution in [-0.2, 0) is 15.0 Å². The second-order valence-corrected chi connectivity index (χ2v) is 7.09. The molecule has 0 bridgehead atoms. The first-order chi connectivity index (χ1) is 11.6. The molecule has 1 fully saturated rings. The summed E-state index contributed by atoms with van der Waals surface area (Å²) >= 11 is 0. The van der Waals surface area contributed by atoms with Crippen LogP contribution in [0.25, 0.3) is 0 Å². The zero-order chi connectivity index (χ0) is 17.0. The highest BCUT2D eigenvalue weighted by atomic mass is 16.1. The number of ketones is 1. The van der Waals surface area contributed by atoms with Crippen LogP contribution in [0.15, 0.2) is 60.7 Å². The van der Waals surface area contributed by atoms with Gasteiger partial charge in [0, 0.05) is 11.8 Å². The molecule has 24 heavy (non-hydrogen) atoms. The fraction of sp³-hybridized carbons (Fsp3) is 0.364. The van der Waals surface area contributed by atoms with Gasteiger partial charge in [0.2, 0.25) is 0 Å². The third-order valence-corrected chi connectivity index (χ3v) is 5.56. The molecule has 0 heterocycles. The standard InChI is InChI=1S/C22H24O2/c1-21(15-9-17-23)14-8-16-22(20(21)24,18-10-4-2-5-11-18)19-12-6-3-7-13-19/h2-7,10-13,17H,8-9,14-16H2,1H3. The SMILES string of the molecule is CC1(CCC=O)CCCC(c2ccccc2)(c2ccccc2)C1=O. The van der Waals surface area contributed by atoms with Crippen molar-refractivity contribution in [1.82, 2.24) is 0 Å². The van der Waals surface area contributed by atoms with Gasteiger partial charge in [-0.3, -0.25) is 4.79 Å². The van der Waals surface area contributed by atoms with E-state index >= 15 is 0 Å². The Morgan fingerprint density at radius 3 is 1.96 bits per heavy atom. The Bertz CT molecular complexity index is 666. The van der Waals surface area contributed by atoms with Crippen molar-refractivity contribution in [2.75, 3.05) is 0 Å². The summed E-state index contributed by atoms with van der Waals surface area (Å²) in [4.78, 5) is 24.6. The van der Waals surface area contributed by atoms with E-state index in [-0.39, 0.29) is 5.78 Å². The average molecular weight is 320 g/mol. The summed E-state index contributed by atoms with van der Waals surface area (Å²) in [5, 5.41) is 0. The van der Waals surface area contributed by atoms with E-state index in [0.717, 1.165) is 36.7 Å². The molecule has 0 aromatic heterocycles. The zero-order valence-electron chi connectivity index (χ0n) is 14.2. The lowest BCUT2D eigenvalue weighted by Gasteiger charge is -2.45.